The fourth-order valence-corrected chi connectivity index (χ4v) is 2.67. The molecule has 29 heavy (non-hydrogen) atoms. The van der Waals surface area contributed by atoms with Crippen LogP contribution in [0.15, 0.2) is 59.6 Å². The second-order valence-corrected chi connectivity index (χ2v) is 6.47. The number of methoxy groups -OCH3 is 1. The topological polar surface area (TPSA) is 75.1 Å². The van der Waals surface area contributed by atoms with E-state index in [-0.39, 0.29) is 30.1 Å². The fraction of sp³-hybridized carbons (Fsp3) is 0.409. The molecule has 0 saturated carbocycles. The number of guanidine groups is 1. The van der Waals surface area contributed by atoms with E-state index in [0.717, 1.165) is 23.6 Å². The van der Waals surface area contributed by atoms with Crippen LogP contribution in [0.25, 0.3) is 0 Å². The Morgan fingerprint density at radius 2 is 1.79 bits per heavy atom. The monoisotopic (exact) mass is 513 g/mol. The SMILES string of the molecule is CCNC(=NCC(C)Oc1cccc(OC)c1)NCCC(O)c1ccccc1.I. The molecule has 0 heterocycles. The third-order valence-corrected chi connectivity index (χ3v) is 4.12. The van der Waals surface area contributed by atoms with Crippen LogP contribution in [-0.4, -0.2) is 43.9 Å². The fourth-order valence-electron chi connectivity index (χ4n) is 2.67. The first kappa shape index (κ1) is 25.0. The summed E-state index contributed by atoms with van der Waals surface area (Å²) in [4.78, 5) is 4.58. The lowest BCUT2D eigenvalue weighted by Gasteiger charge is -2.16. The van der Waals surface area contributed by atoms with Crippen molar-refractivity contribution in [3.05, 3.63) is 60.2 Å². The highest BCUT2D eigenvalue weighted by molar-refractivity contribution is 14.0. The van der Waals surface area contributed by atoms with Gasteiger partial charge in [-0.15, -0.1) is 24.0 Å². The van der Waals surface area contributed by atoms with Crippen molar-refractivity contribution in [2.45, 2.75) is 32.5 Å². The zero-order valence-corrected chi connectivity index (χ0v) is 19.6. The van der Waals surface area contributed by atoms with E-state index in [1.54, 1.807) is 7.11 Å². The molecule has 160 valence electrons. The molecule has 0 saturated heterocycles. The molecule has 6 nitrogen and oxygen atoms in total. The van der Waals surface area contributed by atoms with E-state index in [1.807, 2.05) is 68.4 Å². The van der Waals surface area contributed by atoms with E-state index < -0.39 is 6.10 Å². The van der Waals surface area contributed by atoms with Crippen molar-refractivity contribution in [3.8, 4) is 11.5 Å². The molecule has 0 radical (unpaired) electrons. The first-order valence-corrected chi connectivity index (χ1v) is 9.68. The van der Waals surface area contributed by atoms with Gasteiger partial charge < -0.3 is 25.2 Å². The molecular formula is C22H32IN3O3. The lowest BCUT2D eigenvalue weighted by Crippen LogP contribution is -2.39. The highest BCUT2D eigenvalue weighted by Gasteiger charge is 2.08. The summed E-state index contributed by atoms with van der Waals surface area (Å²) >= 11 is 0. The van der Waals surface area contributed by atoms with Crippen LogP contribution in [0.1, 0.15) is 31.9 Å². The molecule has 0 aliphatic carbocycles. The van der Waals surface area contributed by atoms with E-state index in [9.17, 15) is 5.11 Å². The number of aliphatic imine (C=N–C) groups is 1. The minimum Gasteiger partial charge on any atom is -0.497 e. The van der Waals surface area contributed by atoms with E-state index in [1.165, 1.54) is 0 Å². The number of nitrogens with zero attached hydrogens (tertiary/aromatic N) is 1. The number of aliphatic hydroxyl groups is 1. The maximum absolute atomic E-state index is 10.3. The van der Waals surface area contributed by atoms with Crippen LogP contribution in [0.5, 0.6) is 11.5 Å². The van der Waals surface area contributed by atoms with Gasteiger partial charge in [-0.05, 0) is 38.0 Å². The predicted molar refractivity (Wildman–Crippen MR) is 128 cm³/mol. The number of halogens is 1. The van der Waals surface area contributed by atoms with Crippen molar-refractivity contribution in [3.63, 3.8) is 0 Å². The molecule has 3 N–H and O–H groups in total. The Labute approximate surface area is 190 Å². The summed E-state index contributed by atoms with van der Waals surface area (Å²) in [6.45, 7) is 5.89. The van der Waals surface area contributed by atoms with Gasteiger partial charge in [-0.1, -0.05) is 36.4 Å². The Kier molecular flexibility index (Phi) is 12.1. The van der Waals surface area contributed by atoms with Gasteiger partial charge in [0.2, 0.25) is 0 Å². The lowest BCUT2D eigenvalue weighted by molar-refractivity contribution is 0.168. The number of hydrogen-bond acceptors (Lipinski definition) is 4. The largest absolute Gasteiger partial charge is 0.497 e. The Bertz CT molecular complexity index is 728. The molecule has 0 aliphatic rings. The number of nitrogens with one attached hydrogen (secondary N) is 2. The number of aliphatic hydroxyl groups excluding tert-OH is 1. The predicted octanol–water partition coefficient (Wildman–Crippen LogP) is 3.76. The lowest BCUT2D eigenvalue weighted by atomic mass is 10.1. The van der Waals surface area contributed by atoms with E-state index >= 15 is 0 Å². The molecule has 2 aromatic rings. The minimum atomic E-state index is -0.494. The van der Waals surface area contributed by atoms with Gasteiger partial charge in [-0.2, -0.15) is 0 Å². The van der Waals surface area contributed by atoms with Gasteiger partial charge in [0.25, 0.3) is 0 Å². The van der Waals surface area contributed by atoms with Gasteiger partial charge in [0.15, 0.2) is 5.96 Å². The summed E-state index contributed by atoms with van der Waals surface area (Å²) in [6, 6.07) is 17.2. The number of rotatable bonds is 10. The average Bonchev–Trinajstić information content (AvgIpc) is 2.72. The molecule has 0 aliphatic heterocycles. The third kappa shape index (κ3) is 9.36. The molecule has 0 amide bonds. The summed E-state index contributed by atoms with van der Waals surface area (Å²) in [5, 5.41) is 16.7. The van der Waals surface area contributed by atoms with Crippen LogP contribution < -0.4 is 20.1 Å². The summed E-state index contributed by atoms with van der Waals surface area (Å²) in [5.74, 6) is 2.23. The van der Waals surface area contributed by atoms with E-state index in [2.05, 4.69) is 15.6 Å². The highest BCUT2D eigenvalue weighted by atomic mass is 127. The Morgan fingerprint density at radius 3 is 2.48 bits per heavy atom. The van der Waals surface area contributed by atoms with Crippen molar-refractivity contribution >= 4 is 29.9 Å². The summed E-state index contributed by atoms with van der Waals surface area (Å²) in [5.41, 5.74) is 0.923. The van der Waals surface area contributed by atoms with Crippen molar-refractivity contribution in [1.29, 1.82) is 0 Å². The standard InChI is InChI=1S/C22H31N3O3.HI/c1-4-23-22(24-14-13-21(26)18-9-6-5-7-10-18)25-16-17(2)28-20-12-8-11-19(15-20)27-3;/h5-12,15,17,21,26H,4,13-14,16H2,1-3H3,(H2,23,24,25);1H. The zero-order chi connectivity index (χ0) is 20.2. The van der Waals surface area contributed by atoms with Gasteiger partial charge in [0, 0.05) is 19.2 Å². The van der Waals surface area contributed by atoms with Crippen molar-refractivity contribution in [2.75, 3.05) is 26.7 Å². The Morgan fingerprint density at radius 1 is 1.07 bits per heavy atom. The second kappa shape index (κ2) is 14.1. The molecule has 0 fully saturated rings. The van der Waals surface area contributed by atoms with Gasteiger partial charge >= 0.3 is 0 Å². The second-order valence-electron chi connectivity index (χ2n) is 6.47. The molecular weight excluding hydrogens is 481 g/mol. The molecule has 0 bridgehead atoms. The van der Waals surface area contributed by atoms with Gasteiger partial charge in [0.1, 0.15) is 17.6 Å². The first-order valence-electron chi connectivity index (χ1n) is 9.68. The normalized spacial score (nSPS) is 13.0. The van der Waals surface area contributed by atoms with E-state index in [0.29, 0.717) is 25.5 Å². The van der Waals surface area contributed by atoms with Gasteiger partial charge in [0.05, 0.1) is 19.8 Å². The quantitative estimate of drug-likeness (QED) is 0.256. The van der Waals surface area contributed by atoms with Gasteiger partial charge in [-0.25, -0.2) is 4.99 Å². The number of benzene rings is 2. The molecule has 2 atom stereocenters. The number of ether oxygens (including phenoxy) is 2. The number of hydrogen-bond donors (Lipinski definition) is 3. The average molecular weight is 513 g/mol. The highest BCUT2D eigenvalue weighted by Crippen LogP contribution is 2.20. The molecule has 7 heteroatoms. The molecule has 0 spiro atoms. The van der Waals surface area contributed by atoms with Crippen LogP contribution >= 0.6 is 24.0 Å². The Balaban J connectivity index is 0.00000420. The van der Waals surface area contributed by atoms with Crippen molar-refractivity contribution < 1.29 is 14.6 Å². The van der Waals surface area contributed by atoms with Crippen molar-refractivity contribution in [2.24, 2.45) is 4.99 Å². The Hall–Kier alpha value is -2.00. The third-order valence-electron chi connectivity index (χ3n) is 4.12. The zero-order valence-electron chi connectivity index (χ0n) is 17.3. The minimum absolute atomic E-state index is 0. The van der Waals surface area contributed by atoms with Crippen LogP contribution in [0, 0.1) is 0 Å². The van der Waals surface area contributed by atoms with E-state index in [4.69, 9.17) is 9.47 Å². The van der Waals surface area contributed by atoms with Gasteiger partial charge in [-0.3, -0.25) is 0 Å². The smallest absolute Gasteiger partial charge is 0.191 e. The molecule has 2 unspecified atom stereocenters. The maximum atomic E-state index is 10.3. The summed E-state index contributed by atoms with van der Waals surface area (Å²) < 4.78 is 11.1. The maximum Gasteiger partial charge on any atom is 0.191 e. The van der Waals surface area contributed by atoms with Crippen LogP contribution in [-0.2, 0) is 0 Å². The molecule has 0 aromatic heterocycles. The van der Waals surface area contributed by atoms with Crippen LogP contribution in [0.3, 0.4) is 0 Å². The van der Waals surface area contributed by atoms with Crippen LogP contribution in [0.4, 0.5) is 0 Å². The molecule has 2 rings (SSSR count). The van der Waals surface area contributed by atoms with Crippen molar-refractivity contribution in [1.82, 2.24) is 10.6 Å². The summed E-state index contributed by atoms with van der Waals surface area (Å²) in [7, 11) is 1.63. The first-order chi connectivity index (χ1) is 13.6. The van der Waals surface area contributed by atoms with Crippen LogP contribution in [0.2, 0.25) is 0 Å². The summed E-state index contributed by atoms with van der Waals surface area (Å²) in [6.07, 6.45) is 0.0222. The molecule has 2 aromatic carbocycles.